The van der Waals surface area contributed by atoms with E-state index in [1.807, 2.05) is 12.1 Å². The third-order valence-corrected chi connectivity index (χ3v) is 5.75. The van der Waals surface area contributed by atoms with Crippen molar-refractivity contribution in [1.29, 1.82) is 0 Å². The van der Waals surface area contributed by atoms with E-state index in [9.17, 15) is 4.39 Å². The molecule has 3 heterocycles. The lowest BCUT2D eigenvalue weighted by molar-refractivity contribution is 0.356. The minimum atomic E-state index is -0.273. The summed E-state index contributed by atoms with van der Waals surface area (Å²) in [6.45, 7) is 3.03. The molecule has 9 nitrogen and oxygen atoms in total. The number of hydrogen-bond acceptors (Lipinski definition) is 9. The van der Waals surface area contributed by atoms with E-state index in [0.29, 0.717) is 17.4 Å². The zero-order valence-corrected chi connectivity index (χ0v) is 18.9. The molecule has 0 atom stereocenters. The fraction of sp³-hybridized carbons (Fsp3) is 0.250. The number of nitrogens with one attached hydrogen (secondary N) is 1. The zero-order valence-electron chi connectivity index (χ0n) is 18.9. The number of benzene rings is 2. The van der Waals surface area contributed by atoms with Crippen LogP contribution in [0.25, 0.3) is 10.9 Å². The Balaban J connectivity index is 1.27. The molecule has 0 bridgehead atoms. The van der Waals surface area contributed by atoms with Crippen molar-refractivity contribution in [2.24, 2.45) is 0 Å². The smallest absolute Gasteiger partial charge is 0.225 e. The Hall–Kier alpha value is -4.21. The molecule has 0 spiro atoms. The van der Waals surface area contributed by atoms with Gasteiger partial charge in [-0.3, -0.25) is 0 Å². The van der Waals surface area contributed by atoms with Gasteiger partial charge in [0.25, 0.3) is 0 Å². The molecule has 1 saturated heterocycles. The van der Waals surface area contributed by atoms with Crippen LogP contribution in [0.5, 0.6) is 11.5 Å². The number of piperazine rings is 1. The predicted molar refractivity (Wildman–Crippen MR) is 129 cm³/mol. The molecule has 0 amide bonds. The van der Waals surface area contributed by atoms with Crippen LogP contribution in [0.4, 0.5) is 27.5 Å². The third kappa shape index (κ3) is 4.34. The number of fused-ring (bicyclic) bond motifs is 1. The van der Waals surface area contributed by atoms with Gasteiger partial charge in [0, 0.05) is 43.3 Å². The molecule has 10 heteroatoms. The number of anilines is 4. The second-order valence-corrected chi connectivity index (χ2v) is 7.80. The molecule has 1 aliphatic heterocycles. The van der Waals surface area contributed by atoms with Crippen LogP contribution in [0.1, 0.15) is 0 Å². The Morgan fingerprint density at radius 2 is 1.44 bits per heavy atom. The zero-order chi connectivity index (χ0) is 23.5. The van der Waals surface area contributed by atoms with E-state index in [1.165, 1.54) is 12.1 Å². The van der Waals surface area contributed by atoms with Gasteiger partial charge >= 0.3 is 0 Å². The summed E-state index contributed by atoms with van der Waals surface area (Å²) < 4.78 is 24.0. The van der Waals surface area contributed by atoms with E-state index in [-0.39, 0.29) is 5.82 Å². The van der Waals surface area contributed by atoms with E-state index < -0.39 is 0 Å². The highest BCUT2D eigenvalue weighted by atomic mass is 19.1. The summed E-state index contributed by atoms with van der Waals surface area (Å²) in [7, 11) is 3.23. The van der Waals surface area contributed by atoms with Gasteiger partial charge < -0.3 is 24.6 Å². The first-order valence-electron chi connectivity index (χ1n) is 10.9. The van der Waals surface area contributed by atoms with Gasteiger partial charge in [0.15, 0.2) is 11.5 Å². The number of ether oxygens (including phenoxy) is 2. The predicted octanol–water partition coefficient (Wildman–Crippen LogP) is 3.65. The normalized spacial score (nSPS) is 13.7. The average Bonchev–Trinajstić information content (AvgIpc) is 2.89. The fourth-order valence-corrected chi connectivity index (χ4v) is 3.99. The topological polar surface area (TPSA) is 88.5 Å². The second kappa shape index (κ2) is 9.34. The maximum absolute atomic E-state index is 13.1. The maximum atomic E-state index is 13.1. The number of halogens is 1. The summed E-state index contributed by atoms with van der Waals surface area (Å²) in [4.78, 5) is 22.3. The van der Waals surface area contributed by atoms with Gasteiger partial charge in [0.1, 0.15) is 18.0 Å². The fourth-order valence-electron chi connectivity index (χ4n) is 3.99. The lowest BCUT2D eigenvalue weighted by Crippen LogP contribution is -2.47. The van der Waals surface area contributed by atoms with E-state index >= 15 is 0 Å². The number of aromatic nitrogens is 4. The van der Waals surface area contributed by atoms with E-state index in [1.54, 1.807) is 45.1 Å². The number of nitrogens with zero attached hydrogens (tertiary/aromatic N) is 6. The van der Waals surface area contributed by atoms with Gasteiger partial charge in [-0.15, -0.1) is 0 Å². The summed E-state index contributed by atoms with van der Waals surface area (Å²) >= 11 is 0. The quantitative estimate of drug-likeness (QED) is 0.462. The highest BCUT2D eigenvalue weighted by molar-refractivity contribution is 5.92. The summed E-state index contributed by atoms with van der Waals surface area (Å²) in [5.74, 6) is 2.55. The second-order valence-electron chi connectivity index (χ2n) is 7.80. The SMILES string of the molecule is COc1cc2ncnc(N3CCN(c4ncc(Nc5ccc(F)cc5)cn4)CC3)c2cc1OC. The first-order valence-corrected chi connectivity index (χ1v) is 10.9. The molecule has 34 heavy (non-hydrogen) atoms. The molecule has 1 aliphatic rings. The van der Waals surface area contributed by atoms with Crippen molar-refractivity contribution >= 4 is 34.0 Å². The molecule has 4 aromatic rings. The minimum Gasteiger partial charge on any atom is -0.493 e. The summed E-state index contributed by atoms with van der Waals surface area (Å²) in [5.41, 5.74) is 2.32. The first kappa shape index (κ1) is 21.6. The highest BCUT2D eigenvalue weighted by Crippen LogP contribution is 2.35. The van der Waals surface area contributed by atoms with Gasteiger partial charge in [0.2, 0.25) is 5.95 Å². The lowest BCUT2D eigenvalue weighted by atomic mass is 10.2. The van der Waals surface area contributed by atoms with Gasteiger partial charge in [-0.2, -0.15) is 0 Å². The van der Waals surface area contributed by atoms with Crippen LogP contribution in [0.15, 0.2) is 55.1 Å². The van der Waals surface area contributed by atoms with Crippen LogP contribution in [-0.2, 0) is 0 Å². The molecule has 1 fully saturated rings. The van der Waals surface area contributed by atoms with Gasteiger partial charge in [-0.05, 0) is 30.3 Å². The van der Waals surface area contributed by atoms with Crippen LogP contribution in [0.3, 0.4) is 0 Å². The molecule has 0 saturated carbocycles. The summed E-state index contributed by atoms with van der Waals surface area (Å²) in [5, 5.41) is 4.09. The Bertz CT molecular complexity index is 1280. The molecule has 0 radical (unpaired) electrons. The first-order chi connectivity index (χ1) is 16.6. The van der Waals surface area contributed by atoms with Crippen LogP contribution < -0.4 is 24.6 Å². The number of methoxy groups -OCH3 is 2. The van der Waals surface area contributed by atoms with Crippen molar-refractivity contribution in [2.45, 2.75) is 0 Å². The lowest BCUT2D eigenvalue weighted by Gasteiger charge is -2.35. The minimum absolute atomic E-state index is 0.273. The van der Waals surface area contributed by atoms with Crippen LogP contribution in [0, 0.1) is 5.82 Å². The Kier molecular flexibility index (Phi) is 5.94. The molecule has 174 valence electrons. The maximum Gasteiger partial charge on any atom is 0.225 e. The molecule has 0 aliphatic carbocycles. The van der Waals surface area contributed by atoms with E-state index in [4.69, 9.17) is 9.47 Å². The van der Waals surface area contributed by atoms with E-state index in [0.717, 1.165) is 54.3 Å². The monoisotopic (exact) mass is 461 g/mol. The van der Waals surface area contributed by atoms with E-state index in [2.05, 4.69) is 35.1 Å². The summed E-state index contributed by atoms with van der Waals surface area (Å²) in [6, 6.07) is 9.95. The van der Waals surface area contributed by atoms with Crippen LogP contribution >= 0.6 is 0 Å². The van der Waals surface area contributed by atoms with Crippen LogP contribution in [-0.4, -0.2) is 60.3 Å². The van der Waals surface area contributed by atoms with Gasteiger partial charge in [-0.25, -0.2) is 24.3 Å². The van der Waals surface area contributed by atoms with Crippen molar-refractivity contribution in [3.8, 4) is 11.5 Å². The Morgan fingerprint density at radius 1 is 0.794 bits per heavy atom. The molecule has 1 N–H and O–H groups in total. The molecule has 2 aromatic heterocycles. The van der Waals surface area contributed by atoms with Crippen molar-refractivity contribution in [3.63, 3.8) is 0 Å². The third-order valence-electron chi connectivity index (χ3n) is 5.75. The molecule has 0 unspecified atom stereocenters. The largest absolute Gasteiger partial charge is 0.493 e. The van der Waals surface area contributed by atoms with Crippen molar-refractivity contribution < 1.29 is 13.9 Å². The Morgan fingerprint density at radius 3 is 2.12 bits per heavy atom. The number of hydrogen-bond donors (Lipinski definition) is 1. The van der Waals surface area contributed by atoms with Crippen molar-refractivity contribution in [1.82, 2.24) is 19.9 Å². The van der Waals surface area contributed by atoms with Gasteiger partial charge in [0.05, 0.1) is 37.8 Å². The summed E-state index contributed by atoms with van der Waals surface area (Å²) in [6.07, 6.45) is 5.04. The molecular weight excluding hydrogens is 437 g/mol. The molecular formula is C24H24FN7O2. The Labute approximate surface area is 196 Å². The standard InChI is InChI=1S/C24H24FN7O2/c1-33-21-11-19-20(12-22(21)34-2)28-15-29-23(19)31-7-9-32(10-8-31)24-26-13-18(14-27-24)30-17-5-3-16(25)4-6-17/h3-6,11-15,30H,7-10H2,1-2H3. The average molecular weight is 462 g/mol. The van der Waals surface area contributed by atoms with Crippen LogP contribution in [0.2, 0.25) is 0 Å². The highest BCUT2D eigenvalue weighted by Gasteiger charge is 2.22. The van der Waals surface area contributed by atoms with Crippen molar-refractivity contribution in [3.05, 3.63) is 60.9 Å². The van der Waals surface area contributed by atoms with Gasteiger partial charge in [-0.1, -0.05) is 0 Å². The molecule has 2 aromatic carbocycles. The number of rotatable bonds is 6. The van der Waals surface area contributed by atoms with Crippen molar-refractivity contribution in [2.75, 3.05) is 55.5 Å². The molecule has 5 rings (SSSR count).